The molecular weight excluding hydrogens is 248 g/mol. The highest BCUT2D eigenvalue weighted by atomic mass is 79.9. The summed E-state index contributed by atoms with van der Waals surface area (Å²) < 4.78 is 0. The summed E-state index contributed by atoms with van der Waals surface area (Å²) in [5.74, 6) is 0.736. The Morgan fingerprint density at radius 2 is 1.87 bits per heavy atom. The first-order valence-corrected chi connectivity index (χ1v) is 6.66. The van der Waals surface area contributed by atoms with Crippen molar-refractivity contribution in [2.75, 3.05) is 5.33 Å². The van der Waals surface area contributed by atoms with Crippen molar-refractivity contribution in [3.05, 3.63) is 41.5 Å². The minimum atomic E-state index is 0.736. The largest absolute Gasteiger partial charge is 0.0925 e. The molecule has 0 radical (unpaired) electrons. The molecule has 0 atom stereocenters. The second kappa shape index (κ2) is 6.84. The molecule has 0 saturated heterocycles. The number of allylic oxidation sites excluding steroid dienone is 1. The smallest absolute Gasteiger partial charge is 0.00660 e. The van der Waals surface area contributed by atoms with E-state index in [1.807, 2.05) is 0 Å². The van der Waals surface area contributed by atoms with Gasteiger partial charge in [0.2, 0.25) is 0 Å². The van der Waals surface area contributed by atoms with Gasteiger partial charge in [0, 0.05) is 5.33 Å². The minimum absolute atomic E-state index is 0.736. The zero-order valence-electron chi connectivity index (χ0n) is 9.54. The van der Waals surface area contributed by atoms with Gasteiger partial charge >= 0.3 is 0 Å². The zero-order valence-corrected chi connectivity index (χ0v) is 11.1. The van der Waals surface area contributed by atoms with Crippen LogP contribution < -0.4 is 0 Å². The second-order valence-electron chi connectivity index (χ2n) is 4.22. The van der Waals surface area contributed by atoms with Crippen molar-refractivity contribution in [2.24, 2.45) is 5.92 Å². The number of benzene rings is 1. The van der Waals surface area contributed by atoms with Crippen molar-refractivity contribution >= 4 is 22.0 Å². The second-order valence-corrected chi connectivity index (χ2v) is 5.01. The molecule has 1 aromatic carbocycles. The van der Waals surface area contributed by atoms with Gasteiger partial charge in [-0.2, -0.15) is 0 Å². The Morgan fingerprint density at radius 1 is 1.20 bits per heavy atom. The van der Waals surface area contributed by atoms with Gasteiger partial charge in [-0.1, -0.05) is 66.2 Å². The van der Waals surface area contributed by atoms with Crippen molar-refractivity contribution in [1.29, 1.82) is 0 Å². The molecule has 1 rings (SSSR count). The number of hydrogen-bond donors (Lipinski definition) is 0. The minimum Gasteiger partial charge on any atom is -0.0925 e. The van der Waals surface area contributed by atoms with Crippen LogP contribution in [-0.2, 0) is 6.42 Å². The Bertz CT molecular complexity index is 296. The summed E-state index contributed by atoms with van der Waals surface area (Å²) in [5.41, 5.74) is 2.73. The van der Waals surface area contributed by atoms with Crippen molar-refractivity contribution in [2.45, 2.75) is 26.7 Å². The molecule has 0 spiro atoms. The number of alkyl halides is 1. The van der Waals surface area contributed by atoms with Crippen LogP contribution in [0.1, 0.15) is 31.4 Å². The summed E-state index contributed by atoms with van der Waals surface area (Å²) >= 11 is 3.41. The van der Waals surface area contributed by atoms with Gasteiger partial charge in [-0.15, -0.1) is 0 Å². The van der Waals surface area contributed by atoms with Gasteiger partial charge in [-0.25, -0.2) is 0 Å². The Labute approximate surface area is 102 Å². The van der Waals surface area contributed by atoms with Gasteiger partial charge in [-0.05, 0) is 29.9 Å². The van der Waals surface area contributed by atoms with E-state index in [1.54, 1.807) is 0 Å². The molecule has 1 aromatic rings. The van der Waals surface area contributed by atoms with E-state index < -0.39 is 0 Å². The van der Waals surface area contributed by atoms with E-state index in [2.05, 4.69) is 66.2 Å². The molecule has 0 aromatic heterocycles. The van der Waals surface area contributed by atoms with Crippen LogP contribution in [0.4, 0.5) is 0 Å². The van der Waals surface area contributed by atoms with Gasteiger partial charge < -0.3 is 0 Å². The average Bonchev–Trinajstić information content (AvgIpc) is 2.20. The van der Waals surface area contributed by atoms with Crippen LogP contribution in [0.3, 0.4) is 0 Å². The standard InChI is InChI=1S/C14H19Br/c1-12(2)11-14-8-6-13(7-9-14)5-3-4-10-15/h3,5-9,12H,4,10-11H2,1-2H3. The summed E-state index contributed by atoms with van der Waals surface area (Å²) in [4.78, 5) is 0. The SMILES string of the molecule is CC(C)Cc1ccc(C=CCCBr)cc1. The molecule has 15 heavy (non-hydrogen) atoms. The van der Waals surface area contributed by atoms with Crippen LogP contribution in [0.15, 0.2) is 30.3 Å². The van der Waals surface area contributed by atoms with E-state index >= 15 is 0 Å². The highest BCUT2D eigenvalue weighted by molar-refractivity contribution is 9.09. The van der Waals surface area contributed by atoms with Crippen molar-refractivity contribution in [3.63, 3.8) is 0 Å². The van der Waals surface area contributed by atoms with Crippen LogP contribution in [0.2, 0.25) is 0 Å². The molecular formula is C14H19Br. The normalized spacial score (nSPS) is 11.5. The fourth-order valence-electron chi connectivity index (χ4n) is 1.52. The fourth-order valence-corrected chi connectivity index (χ4v) is 1.78. The molecule has 0 aliphatic heterocycles. The van der Waals surface area contributed by atoms with Gasteiger partial charge in [0.25, 0.3) is 0 Å². The number of rotatable bonds is 5. The number of hydrogen-bond acceptors (Lipinski definition) is 0. The third-order valence-electron chi connectivity index (χ3n) is 2.21. The fraction of sp³-hybridized carbons (Fsp3) is 0.429. The predicted octanol–water partition coefficient (Wildman–Crippen LogP) is 4.68. The zero-order chi connectivity index (χ0) is 11.1. The third kappa shape index (κ3) is 5.17. The first-order chi connectivity index (χ1) is 7.22. The maximum atomic E-state index is 3.41. The Kier molecular flexibility index (Phi) is 5.70. The van der Waals surface area contributed by atoms with Gasteiger partial charge in [0.05, 0.1) is 0 Å². The molecule has 0 N–H and O–H groups in total. The van der Waals surface area contributed by atoms with Crippen LogP contribution in [0.25, 0.3) is 6.08 Å². The lowest BCUT2D eigenvalue weighted by molar-refractivity contribution is 0.647. The summed E-state index contributed by atoms with van der Waals surface area (Å²) in [7, 11) is 0. The summed E-state index contributed by atoms with van der Waals surface area (Å²) in [6, 6.07) is 8.85. The maximum Gasteiger partial charge on any atom is 0.00660 e. The predicted molar refractivity (Wildman–Crippen MR) is 72.4 cm³/mol. The lowest BCUT2D eigenvalue weighted by Gasteiger charge is -2.04. The number of halogens is 1. The van der Waals surface area contributed by atoms with E-state index in [0.29, 0.717) is 0 Å². The lowest BCUT2D eigenvalue weighted by Crippen LogP contribution is -1.93. The van der Waals surface area contributed by atoms with Gasteiger partial charge in [0.1, 0.15) is 0 Å². The quantitative estimate of drug-likeness (QED) is 0.679. The molecule has 1 heteroatoms. The third-order valence-corrected chi connectivity index (χ3v) is 2.67. The first-order valence-electron chi connectivity index (χ1n) is 5.54. The van der Waals surface area contributed by atoms with Crippen LogP contribution >= 0.6 is 15.9 Å². The topological polar surface area (TPSA) is 0 Å². The van der Waals surface area contributed by atoms with Gasteiger partial charge in [0.15, 0.2) is 0 Å². The molecule has 0 aliphatic carbocycles. The molecule has 82 valence electrons. The highest BCUT2D eigenvalue weighted by Crippen LogP contribution is 2.11. The highest BCUT2D eigenvalue weighted by Gasteiger charge is 1.96. The van der Waals surface area contributed by atoms with E-state index in [-0.39, 0.29) is 0 Å². The molecule has 0 heterocycles. The maximum absolute atomic E-state index is 3.41. The van der Waals surface area contributed by atoms with E-state index in [9.17, 15) is 0 Å². The van der Waals surface area contributed by atoms with E-state index in [1.165, 1.54) is 17.5 Å². The van der Waals surface area contributed by atoms with Crippen LogP contribution in [0, 0.1) is 5.92 Å². The summed E-state index contributed by atoms with van der Waals surface area (Å²) in [6.45, 7) is 4.51. The lowest BCUT2D eigenvalue weighted by atomic mass is 10.0. The van der Waals surface area contributed by atoms with E-state index in [0.717, 1.165) is 17.7 Å². The van der Waals surface area contributed by atoms with Crippen molar-refractivity contribution in [1.82, 2.24) is 0 Å². The summed E-state index contributed by atoms with van der Waals surface area (Å²) in [5, 5.41) is 1.04. The first kappa shape index (κ1) is 12.5. The molecule has 0 nitrogen and oxygen atoms in total. The Morgan fingerprint density at radius 3 is 2.40 bits per heavy atom. The molecule has 0 unspecified atom stereocenters. The molecule has 0 bridgehead atoms. The molecule has 0 amide bonds. The van der Waals surface area contributed by atoms with E-state index in [4.69, 9.17) is 0 Å². The molecule has 0 saturated carbocycles. The average molecular weight is 267 g/mol. The van der Waals surface area contributed by atoms with Gasteiger partial charge in [-0.3, -0.25) is 0 Å². The Hall–Kier alpha value is -0.560. The van der Waals surface area contributed by atoms with Crippen molar-refractivity contribution < 1.29 is 0 Å². The monoisotopic (exact) mass is 266 g/mol. The summed E-state index contributed by atoms with van der Waals surface area (Å²) in [6.07, 6.45) is 6.64. The van der Waals surface area contributed by atoms with Crippen LogP contribution in [-0.4, -0.2) is 5.33 Å². The Balaban J connectivity index is 2.56. The van der Waals surface area contributed by atoms with Crippen LogP contribution in [0.5, 0.6) is 0 Å². The molecule has 0 fully saturated rings. The van der Waals surface area contributed by atoms with Crippen molar-refractivity contribution in [3.8, 4) is 0 Å². The molecule has 0 aliphatic rings.